The van der Waals surface area contributed by atoms with E-state index in [1.807, 2.05) is 0 Å². The molecule has 0 saturated heterocycles. The smallest absolute Gasteiger partial charge is 0.246 e. The van der Waals surface area contributed by atoms with Crippen LogP contribution in [-0.4, -0.2) is 49.2 Å². The Balaban J connectivity index is 3.26. The maximum atomic E-state index is 12.3. The minimum atomic E-state index is -3.93. The molecule has 0 fully saturated rings. The SMILES string of the molecule is Nc1cccc(Cl)c1S(=O)(=O)N(CCO)CCO. The summed E-state index contributed by atoms with van der Waals surface area (Å²) in [5.74, 6) is 0. The summed E-state index contributed by atoms with van der Waals surface area (Å²) in [6.45, 7) is -0.978. The van der Waals surface area contributed by atoms with E-state index >= 15 is 0 Å². The van der Waals surface area contributed by atoms with Crippen LogP contribution in [0.25, 0.3) is 0 Å². The van der Waals surface area contributed by atoms with Gasteiger partial charge < -0.3 is 15.9 Å². The van der Waals surface area contributed by atoms with E-state index in [1.54, 1.807) is 6.07 Å². The van der Waals surface area contributed by atoms with E-state index in [0.717, 1.165) is 4.31 Å². The zero-order valence-electron chi connectivity index (χ0n) is 9.58. The Kier molecular flexibility index (Phi) is 5.36. The number of hydrogen-bond acceptors (Lipinski definition) is 5. The van der Waals surface area contributed by atoms with Crippen molar-refractivity contribution in [1.29, 1.82) is 0 Å². The lowest BCUT2D eigenvalue weighted by Crippen LogP contribution is -2.36. The molecular weight excluding hydrogens is 280 g/mol. The first-order valence-electron chi connectivity index (χ1n) is 5.21. The average molecular weight is 295 g/mol. The zero-order chi connectivity index (χ0) is 13.8. The molecule has 102 valence electrons. The van der Waals surface area contributed by atoms with E-state index < -0.39 is 10.0 Å². The van der Waals surface area contributed by atoms with Gasteiger partial charge in [-0.25, -0.2) is 8.42 Å². The predicted octanol–water partition coefficient (Wildman–Crippen LogP) is -0.102. The predicted molar refractivity (Wildman–Crippen MR) is 68.8 cm³/mol. The van der Waals surface area contributed by atoms with Gasteiger partial charge in [0.1, 0.15) is 4.90 Å². The summed E-state index contributed by atoms with van der Waals surface area (Å²) < 4.78 is 25.5. The van der Waals surface area contributed by atoms with Crippen LogP contribution in [0, 0.1) is 0 Å². The van der Waals surface area contributed by atoms with Crippen LogP contribution in [0.1, 0.15) is 0 Å². The molecule has 18 heavy (non-hydrogen) atoms. The number of sulfonamides is 1. The van der Waals surface area contributed by atoms with Gasteiger partial charge in [-0.05, 0) is 12.1 Å². The molecule has 0 spiro atoms. The van der Waals surface area contributed by atoms with E-state index in [1.165, 1.54) is 12.1 Å². The number of nitrogen functional groups attached to an aromatic ring is 1. The second-order valence-electron chi connectivity index (χ2n) is 3.51. The van der Waals surface area contributed by atoms with Gasteiger partial charge in [-0.1, -0.05) is 17.7 Å². The number of nitrogens with zero attached hydrogens (tertiary/aromatic N) is 1. The van der Waals surface area contributed by atoms with Crippen LogP contribution in [0.3, 0.4) is 0 Å². The van der Waals surface area contributed by atoms with Crippen molar-refractivity contribution in [2.24, 2.45) is 0 Å². The fraction of sp³-hybridized carbons (Fsp3) is 0.400. The first-order chi connectivity index (χ1) is 8.45. The van der Waals surface area contributed by atoms with Crippen LogP contribution < -0.4 is 5.73 Å². The van der Waals surface area contributed by atoms with Gasteiger partial charge in [0, 0.05) is 13.1 Å². The van der Waals surface area contributed by atoms with Crippen LogP contribution in [0.5, 0.6) is 0 Å². The second-order valence-corrected chi connectivity index (χ2v) is 5.79. The van der Waals surface area contributed by atoms with Crippen LogP contribution >= 0.6 is 11.6 Å². The molecule has 0 unspecified atom stereocenters. The van der Waals surface area contributed by atoms with E-state index in [2.05, 4.69) is 0 Å². The van der Waals surface area contributed by atoms with Crippen molar-refractivity contribution in [2.45, 2.75) is 4.90 Å². The summed E-state index contributed by atoms with van der Waals surface area (Å²) in [7, 11) is -3.93. The summed E-state index contributed by atoms with van der Waals surface area (Å²) in [5.41, 5.74) is 5.65. The van der Waals surface area contributed by atoms with Crippen LogP contribution in [0.15, 0.2) is 23.1 Å². The van der Waals surface area contributed by atoms with E-state index in [9.17, 15) is 8.42 Å². The van der Waals surface area contributed by atoms with Gasteiger partial charge >= 0.3 is 0 Å². The molecule has 8 heteroatoms. The van der Waals surface area contributed by atoms with Gasteiger partial charge in [-0.2, -0.15) is 4.31 Å². The molecule has 0 radical (unpaired) electrons. The number of halogens is 1. The second kappa shape index (κ2) is 6.35. The maximum absolute atomic E-state index is 12.3. The Hall–Kier alpha value is -0.860. The van der Waals surface area contributed by atoms with E-state index in [0.29, 0.717) is 0 Å². The molecule has 0 aromatic heterocycles. The molecule has 1 rings (SSSR count). The molecular formula is C10H15ClN2O4S. The molecule has 6 nitrogen and oxygen atoms in total. The topological polar surface area (TPSA) is 104 Å². The quantitative estimate of drug-likeness (QED) is 0.636. The Morgan fingerprint density at radius 1 is 1.22 bits per heavy atom. The normalized spacial score (nSPS) is 12.0. The largest absolute Gasteiger partial charge is 0.398 e. The molecule has 1 aromatic carbocycles. The third-order valence-corrected chi connectivity index (χ3v) is 4.74. The fourth-order valence-corrected chi connectivity index (χ4v) is 3.56. The molecule has 0 heterocycles. The minimum absolute atomic E-state index is 0.0101. The highest BCUT2D eigenvalue weighted by molar-refractivity contribution is 7.89. The number of aliphatic hydroxyl groups excluding tert-OH is 2. The van der Waals surface area contributed by atoms with Gasteiger partial charge in [0.2, 0.25) is 10.0 Å². The Morgan fingerprint density at radius 3 is 2.22 bits per heavy atom. The van der Waals surface area contributed by atoms with Crippen molar-refractivity contribution in [3.05, 3.63) is 23.2 Å². The molecule has 0 saturated carbocycles. The number of nitrogens with two attached hydrogens (primary N) is 1. The van der Waals surface area contributed by atoms with Gasteiger partial charge in [0.05, 0.1) is 23.9 Å². The Labute approximate surface area is 111 Å². The third kappa shape index (κ3) is 3.12. The lowest BCUT2D eigenvalue weighted by atomic mass is 10.3. The number of benzene rings is 1. The fourth-order valence-electron chi connectivity index (χ4n) is 1.50. The zero-order valence-corrected chi connectivity index (χ0v) is 11.2. The van der Waals surface area contributed by atoms with Crippen molar-refractivity contribution >= 4 is 27.3 Å². The van der Waals surface area contributed by atoms with Crippen LogP contribution in [-0.2, 0) is 10.0 Å². The number of hydrogen-bond donors (Lipinski definition) is 3. The van der Waals surface area contributed by atoms with Crippen LogP contribution in [0.4, 0.5) is 5.69 Å². The Morgan fingerprint density at radius 2 is 1.78 bits per heavy atom. The van der Waals surface area contributed by atoms with E-state index in [4.69, 9.17) is 27.5 Å². The first kappa shape index (κ1) is 15.2. The van der Waals surface area contributed by atoms with Crippen molar-refractivity contribution in [3.8, 4) is 0 Å². The lowest BCUT2D eigenvalue weighted by molar-refractivity contribution is 0.217. The molecule has 0 aliphatic rings. The van der Waals surface area contributed by atoms with Crippen molar-refractivity contribution in [1.82, 2.24) is 4.31 Å². The lowest BCUT2D eigenvalue weighted by Gasteiger charge is -2.21. The summed E-state index contributed by atoms with van der Waals surface area (Å²) >= 11 is 5.85. The molecule has 0 atom stereocenters. The average Bonchev–Trinajstić information content (AvgIpc) is 2.28. The molecule has 0 amide bonds. The highest BCUT2D eigenvalue weighted by Gasteiger charge is 2.28. The van der Waals surface area contributed by atoms with Gasteiger partial charge in [0.25, 0.3) is 0 Å². The minimum Gasteiger partial charge on any atom is -0.398 e. The maximum Gasteiger partial charge on any atom is 0.246 e. The Bertz CT molecular complexity index is 480. The van der Waals surface area contributed by atoms with Gasteiger partial charge in [0.15, 0.2) is 0 Å². The number of rotatable bonds is 6. The van der Waals surface area contributed by atoms with Crippen LogP contribution in [0.2, 0.25) is 5.02 Å². The summed E-state index contributed by atoms with van der Waals surface area (Å²) in [5, 5.41) is 17.7. The molecule has 0 aliphatic carbocycles. The molecule has 4 N–H and O–H groups in total. The highest BCUT2D eigenvalue weighted by atomic mass is 35.5. The van der Waals surface area contributed by atoms with Gasteiger partial charge in [-0.15, -0.1) is 0 Å². The molecule has 1 aromatic rings. The highest BCUT2D eigenvalue weighted by Crippen LogP contribution is 2.29. The molecule has 0 bridgehead atoms. The van der Waals surface area contributed by atoms with Crippen molar-refractivity contribution in [2.75, 3.05) is 32.0 Å². The van der Waals surface area contributed by atoms with Gasteiger partial charge in [-0.3, -0.25) is 0 Å². The van der Waals surface area contributed by atoms with Crippen molar-refractivity contribution < 1.29 is 18.6 Å². The number of aliphatic hydroxyl groups is 2. The summed E-state index contributed by atoms with van der Waals surface area (Å²) in [4.78, 5) is -0.200. The summed E-state index contributed by atoms with van der Waals surface area (Å²) in [6.07, 6.45) is 0. The summed E-state index contributed by atoms with van der Waals surface area (Å²) in [6, 6.07) is 4.38. The molecule has 0 aliphatic heterocycles. The monoisotopic (exact) mass is 294 g/mol. The van der Waals surface area contributed by atoms with Crippen molar-refractivity contribution in [3.63, 3.8) is 0 Å². The third-order valence-electron chi connectivity index (χ3n) is 2.29. The first-order valence-corrected chi connectivity index (χ1v) is 7.02. The number of anilines is 1. The standard InChI is InChI=1S/C10H15ClN2O4S/c11-8-2-1-3-9(12)10(8)18(16,17)13(4-6-14)5-7-15/h1-3,14-15H,4-7,12H2. The van der Waals surface area contributed by atoms with E-state index in [-0.39, 0.29) is 41.9 Å².